The SMILES string of the molecule is NC(=O)c1cn(Cc2nn[nH]n2)c(=O)c(-c2cccc(-c3ccccc3OC(F)(F)F)c2)n1. The molecule has 0 aliphatic rings. The van der Waals surface area contributed by atoms with Gasteiger partial charge in [-0.2, -0.15) is 5.21 Å². The first-order valence-electron chi connectivity index (χ1n) is 9.30. The van der Waals surface area contributed by atoms with E-state index in [-0.39, 0.29) is 34.9 Å². The van der Waals surface area contributed by atoms with Gasteiger partial charge >= 0.3 is 6.36 Å². The van der Waals surface area contributed by atoms with E-state index >= 15 is 0 Å². The summed E-state index contributed by atoms with van der Waals surface area (Å²) < 4.78 is 43.7. The fraction of sp³-hybridized carbons (Fsp3) is 0.100. The Hall–Kier alpha value is -4.55. The van der Waals surface area contributed by atoms with E-state index in [1.54, 1.807) is 12.1 Å². The second-order valence-electron chi connectivity index (χ2n) is 6.72. The zero-order chi connectivity index (χ0) is 23.6. The highest BCUT2D eigenvalue weighted by molar-refractivity contribution is 5.91. The van der Waals surface area contributed by atoms with Crippen molar-refractivity contribution in [1.29, 1.82) is 0 Å². The van der Waals surface area contributed by atoms with Crippen molar-refractivity contribution in [1.82, 2.24) is 30.2 Å². The number of aromatic nitrogens is 6. The van der Waals surface area contributed by atoms with Crippen molar-refractivity contribution in [3.05, 3.63) is 76.6 Å². The molecule has 2 heterocycles. The number of carbonyl (C=O) groups excluding carboxylic acids is 1. The average Bonchev–Trinajstić information content (AvgIpc) is 3.27. The van der Waals surface area contributed by atoms with Crippen LogP contribution in [0, 0.1) is 0 Å². The summed E-state index contributed by atoms with van der Waals surface area (Å²) in [7, 11) is 0. The standard InChI is InChI=1S/C20H14F3N7O3/c21-20(22,23)33-15-7-2-1-6-13(15)11-4-3-5-12(8-11)17-19(32)30(9-14(25-17)18(24)31)10-16-26-28-29-27-16/h1-9H,10H2,(H2,24,31)(H,26,27,28,29). The Balaban J connectivity index is 1.82. The molecule has 0 fully saturated rings. The number of ether oxygens (including phenoxy) is 1. The number of H-pyrrole nitrogens is 1. The van der Waals surface area contributed by atoms with Crippen LogP contribution in [0.2, 0.25) is 0 Å². The fourth-order valence-electron chi connectivity index (χ4n) is 3.12. The molecule has 0 aliphatic carbocycles. The number of rotatable bonds is 6. The molecule has 0 saturated carbocycles. The number of benzene rings is 2. The minimum Gasteiger partial charge on any atom is -0.405 e. The third-order valence-electron chi connectivity index (χ3n) is 4.49. The lowest BCUT2D eigenvalue weighted by molar-refractivity contribution is -0.274. The van der Waals surface area contributed by atoms with Crippen LogP contribution in [0.15, 0.2) is 59.5 Å². The Labute approximate surface area is 182 Å². The first kappa shape index (κ1) is 21.7. The summed E-state index contributed by atoms with van der Waals surface area (Å²) in [6.07, 6.45) is -3.71. The summed E-state index contributed by atoms with van der Waals surface area (Å²) >= 11 is 0. The predicted molar refractivity (Wildman–Crippen MR) is 108 cm³/mol. The number of nitrogens with two attached hydrogens (primary N) is 1. The van der Waals surface area contributed by atoms with Crippen molar-refractivity contribution < 1.29 is 22.7 Å². The van der Waals surface area contributed by atoms with Crippen LogP contribution in [0.25, 0.3) is 22.4 Å². The Morgan fingerprint density at radius 3 is 2.58 bits per heavy atom. The van der Waals surface area contributed by atoms with Gasteiger partial charge in [-0.15, -0.1) is 23.4 Å². The van der Waals surface area contributed by atoms with Crippen LogP contribution < -0.4 is 16.0 Å². The van der Waals surface area contributed by atoms with Crippen LogP contribution in [-0.4, -0.2) is 42.4 Å². The molecule has 13 heteroatoms. The molecule has 2 aromatic heterocycles. The third-order valence-corrected chi connectivity index (χ3v) is 4.49. The van der Waals surface area contributed by atoms with Crippen molar-refractivity contribution in [2.45, 2.75) is 12.9 Å². The lowest BCUT2D eigenvalue weighted by Crippen LogP contribution is -2.27. The van der Waals surface area contributed by atoms with Crippen molar-refractivity contribution >= 4 is 5.91 Å². The molecular formula is C20H14F3N7O3. The molecule has 168 valence electrons. The van der Waals surface area contributed by atoms with Crippen molar-refractivity contribution in [2.24, 2.45) is 5.73 Å². The molecule has 3 N–H and O–H groups in total. The highest BCUT2D eigenvalue weighted by Crippen LogP contribution is 2.34. The number of aromatic amines is 1. The van der Waals surface area contributed by atoms with E-state index in [1.807, 2.05) is 0 Å². The first-order chi connectivity index (χ1) is 15.7. The smallest absolute Gasteiger partial charge is 0.405 e. The average molecular weight is 457 g/mol. The van der Waals surface area contributed by atoms with Gasteiger partial charge in [0.05, 0.1) is 6.54 Å². The monoisotopic (exact) mass is 457 g/mol. The van der Waals surface area contributed by atoms with E-state index in [9.17, 15) is 22.8 Å². The number of halogens is 3. The number of primary amides is 1. The quantitative estimate of drug-likeness (QED) is 0.452. The van der Waals surface area contributed by atoms with Crippen LogP contribution in [-0.2, 0) is 6.54 Å². The van der Waals surface area contributed by atoms with Crippen molar-refractivity contribution in [3.63, 3.8) is 0 Å². The molecule has 10 nitrogen and oxygen atoms in total. The second kappa shape index (κ2) is 8.53. The van der Waals surface area contributed by atoms with E-state index in [0.29, 0.717) is 5.56 Å². The Morgan fingerprint density at radius 1 is 1.12 bits per heavy atom. The second-order valence-corrected chi connectivity index (χ2v) is 6.72. The maximum absolute atomic E-state index is 13.1. The van der Waals surface area contributed by atoms with Crippen molar-refractivity contribution in [2.75, 3.05) is 0 Å². The molecule has 0 spiro atoms. The topological polar surface area (TPSA) is 142 Å². The molecule has 0 saturated heterocycles. The maximum atomic E-state index is 13.1. The molecule has 0 unspecified atom stereocenters. The van der Waals surface area contributed by atoms with Crippen LogP contribution in [0.3, 0.4) is 0 Å². The summed E-state index contributed by atoms with van der Waals surface area (Å²) in [5.41, 5.74) is 5.18. The van der Waals surface area contributed by atoms with E-state index in [2.05, 4.69) is 30.3 Å². The Kier molecular flexibility index (Phi) is 5.60. The summed E-state index contributed by atoms with van der Waals surface area (Å²) in [6, 6.07) is 11.7. The van der Waals surface area contributed by atoms with Gasteiger partial charge in [-0.05, 0) is 17.7 Å². The van der Waals surface area contributed by atoms with E-state index in [1.165, 1.54) is 42.6 Å². The summed E-state index contributed by atoms with van der Waals surface area (Å²) in [4.78, 5) is 28.9. The number of nitrogens with zero attached hydrogens (tertiary/aromatic N) is 5. The molecule has 4 aromatic rings. The molecule has 2 aromatic carbocycles. The normalized spacial score (nSPS) is 11.4. The number of para-hydroxylation sites is 1. The number of alkyl halides is 3. The molecule has 1 amide bonds. The van der Waals surface area contributed by atoms with Gasteiger partial charge in [-0.25, -0.2) is 4.98 Å². The molecule has 33 heavy (non-hydrogen) atoms. The van der Waals surface area contributed by atoms with E-state index in [0.717, 1.165) is 4.57 Å². The van der Waals surface area contributed by atoms with E-state index < -0.39 is 23.6 Å². The van der Waals surface area contributed by atoms with Gasteiger partial charge in [0.25, 0.3) is 11.5 Å². The largest absolute Gasteiger partial charge is 0.573 e. The highest BCUT2D eigenvalue weighted by Gasteiger charge is 2.32. The van der Waals surface area contributed by atoms with Gasteiger partial charge in [0, 0.05) is 17.3 Å². The van der Waals surface area contributed by atoms with Crippen molar-refractivity contribution in [3.8, 4) is 28.1 Å². The first-order valence-corrected chi connectivity index (χ1v) is 9.30. The summed E-state index contributed by atoms with van der Waals surface area (Å²) in [5, 5.41) is 13.2. The molecule has 0 aliphatic heterocycles. The van der Waals surface area contributed by atoms with Crippen LogP contribution in [0.5, 0.6) is 5.75 Å². The highest BCUT2D eigenvalue weighted by atomic mass is 19.4. The predicted octanol–water partition coefficient (Wildman–Crippen LogP) is 2.14. The maximum Gasteiger partial charge on any atom is 0.573 e. The number of carbonyl (C=O) groups is 1. The van der Waals surface area contributed by atoms with Crippen LogP contribution >= 0.6 is 0 Å². The summed E-state index contributed by atoms with van der Waals surface area (Å²) in [6.45, 7) is -0.118. The number of amides is 1. The zero-order valence-electron chi connectivity index (χ0n) is 16.6. The molecule has 0 radical (unpaired) electrons. The lowest BCUT2D eigenvalue weighted by atomic mass is 10.0. The Bertz CT molecular complexity index is 1370. The number of hydrogen-bond acceptors (Lipinski definition) is 7. The van der Waals surface area contributed by atoms with Gasteiger partial charge < -0.3 is 15.0 Å². The fourth-order valence-corrected chi connectivity index (χ4v) is 3.12. The summed E-state index contributed by atoms with van der Waals surface area (Å²) in [5.74, 6) is -1.11. The van der Waals surface area contributed by atoms with Gasteiger partial charge in [0.15, 0.2) is 5.82 Å². The molecule has 0 bridgehead atoms. The molecule has 0 atom stereocenters. The Morgan fingerprint density at radius 2 is 1.88 bits per heavy atom. The molecular weight excluding hydrogens is 443 g/mol. The van der Waals surface area contributed by atoms with Crippen LogP contribution in [0.1, 0.15) is 16.3 Å². The van der Waals surface area contributed by atoms with Gasteiger partial charge in [0.2, 0.25) is 0 Å². The number of hydrogen-bond donors (Lipinski definition) is 2. The van der Waals surface area contributed by atoms with Gasteiger partial charge in [-0.1, -0.05) is 41.6 Å². The van der Waals surface area contributed by atoms with Gasteiger partial charge in [-0.3, -0.25) is 9.59 Å². The van der Waals surface area contributed by atoms with E-state index in [4.69, 9.17) is 5.73 Å². The molecule has 4 rings (SSSR count). The minimum atomic E-state index is -4.88. The third kappa shape index (κ3) is 4.87. The number of nitrogens with one attached hydrogen (secondary N) is 1. The minimum absolute atomic E-state index is 0.118. The number of tetrazole rings is 1. The lowest BCUT2D eigenvalue weighted by Gasteiger charge is -2.14. The zero-order valence-corrected chi connectivity index (χ0v) is 16.6. The van der Waals surface area contributed by atoms with Gasteiger partial charge in [0.1, 0.15) is 17.1 Å². The van der Waals surface area contributed by atoms with Crippen LogP contribution in [0.4, 0.5) is 13.2 Å².